The molecule has 1 N–H and O–H groups in total. The first-order valence-corrected chi connectivity index (χ1v) is 3.38. The number of nitrogens with zero attached hydrogens (tertiary/aromatic N) is 1. The first-order valence-electron chi connectivity index (χ1n) is 3.38. The molecule has 2 amide bonds. The summed E-state index contributed by atoms with van der Waals surface area (Å²) in [6.07, 6.45) is 0.268. The van der Waals surface area contributed by atoms with E-state index in [-0.39, 0.29) is 18.2 Å². The minimum absolute atomic E-state index is 0.152. The highest BCUT2D eigenvalue weighted by Gasteiger charge is 2.32. The second-order valence-electron chi connectivity index (χ2n) is 2.70. The molecule has 1 aliphatic heterocycles. The zero-order valence-electron chi connectivity index (χ0n) is 6.13. The van der Waals surface area contributed by atoms with Gasteiger partial charge in [-0.2, -0.15) is 5.26 Å². The predicted octanol–water partition coefficient (Wildman–Crippen LogP) is -0.191. The molecular weight excluding hydrogens is 144 g/mol. The summed E-state index contributed by atoms with van der Waals surface area (Å²) in [5.41, 5.74) is 0. The van der Waals surface area contributed by atoms with Crippen LogP contribution in [0.1, 0.15) is 13.3 Å². The number of hydrogen-bond acceptors (Lipinski definition) is 3. The minimum atomic E-state index is -0.660. The van der Waals surface area contributed by atoms with Crippen molar-refractivity contribution in [3.05, 3.63) is 0 Å². The Hall–Kier alpha value is -1.37. The summed E-state index contributed by atoms with van der Waals surface area (Å²) in [6.45, 7) is 1.73. The molecule has 0 aromatic rings. The van der Waals surface area contributed by atoms with E-state index in [0.717, 1.165) is 0 Å². The fourth-order valence-electron chi connectivity index (χ4n) is 1.12. The average Bonchev–Trinajstić information content (AvgIpc) is 1.85. The number of carbonyl (C=O) groups is 2. The van der Waals surface area contributed by atoms with E-state index >= 15 is 0 Å². The smallest absolute Gasteiger partial charge is 0.244 e. The molecule has 2 atom stereocenters. The molecule has 0 aromatic heterocycles. The maximum atomic E-state index is 10.9. The van der Waals surface area contributed by atoms with E-state index in [1.165, 1.54) is 0 Å². The Morgan fingerprint density at radius 2 is 2.27 bits per heavy atom. The van der Waals surface area contributed by atoms with Crippen LogP contribution in [0.4, 0.5) is 0 Å². The number of piperidine rings is 1. The molecule has 4 nitrogen and oxygen atoms in total. The number of rotatable bonds is 0. The predicted molar refractivity (Wildman–Crippen MR) is 36.0 cm³/mol. The molecule has 1 heterocycles. The van der Waals surface area contributed by atoms with Crippen LogP contribution in [-0.2, 0) is 9.59 Å². The van der Waals surface area contributed by atoms with Crippen molar-refractivity contribution in [3.8, 4) is 6.07 Å². The maximum absolute atomic E-state index is 10.9. The zero-order chi connectivity index (χ0) is 8.43. The lowest BCUT2D eigenvalue weighted by Crippen LogP contribution is -2.44. The first kappa shape index (κ1) is 7.73. The highest BCUT2D eigenvalue weighted by atomic mass is 16.2. The highest BCUT2D eigenvalue weighted by molar-refractivity contribution is 6.00. The van der Waals surface area contributed by atoms with Gasteiger partial charge >= 0.3 is 0 Å². The summed E-state index contributed by atoms with van der Waals surface area (Å²) < 4.78 is 0. The van der Waals surface area contributed by atoms with Crippen LogP contribution in [0.3, 0.4) is 0 Å². The van der Waals surface area contributed by atoms with Crippen molar-refractivity contribution in [2.75, 3.05) is 0 Å². The van der Waals surface area contributed by atoms with E-state index in [1.54, 1.807) is 6.92 Å². The molecule has 0 bridgehead atoms. The van der Waals surface area contributed by atoms with Crippen molar-refractivity contribution >= 4 is 11.8 Å². The van der Waals surface area contributed by atoms with Gasteiger partial charge in [0.2, 0.25) is 11.8 Å². The molecule has 11 heavy (non-hydrogen) atoms. The van der Waals surface area contributed by atoms with Crippen LogP contribution < -0.4 is 5.32 Å². The molecule has 1 saturated heterocycles. The fourth-order valence-corrected chi connectivity index (χ4v) is 1.12. The van der Waals surface area contributed by atoms with Gasteiger partial charge in [-0.05, 0) is 5.92 Å². The molecule has 2 unspecified atom stereocenters. The van der Waals surface area contributed by atoms with Gasteiger partial charge in [0.1, 0.15) is 5.92 Å². The normalized spacial score (nSPS) is 30.9. The van der Waals surface area contributed by atoms with Crippen LogP contribution in [0.25, 0.3) is 0 Å². The molecule has 0 aliphatic carbocycles. The number of nitrogens with one attached hydrogen (secondary N) is 1. The second-order valence-corrected chi connectivity index (χ2v) is 2.70. The van der Waals surface area contributed by atoms with Crippen molar-refractivity contribution in [1.82, 2.24) is 5.32 Å². The quantitative estimate of drug-likeness (QED) is 0.489. The largest absolute Gasteiger partial charge is 0.295 e. The van der Waals surface area contributed by atoms with Crippen molar-refractivity contribution in [1.29, 1.82) is 5.26 Å². The van der Waals surface area contributed by atoms with Gasteiger partial charge in [-0.1, -0.05) is 6.92 Å². The third-order valence-electron chi connectivity index (χ3n) is 1.76. The van der Waals surface area contributed by atoms with Crippen molar-refractivity contribution < 1.29 is 9.59 Å². The summed E-state index contributed by atoms with van der Waals surface area (Å²) in [4.78, 5) is 21.6. The van der Waals surface area contributed by atoms with Gasteiger partial charge < -0.3 is 0 Å². The topological polar surface area (TPSA) is 70.0 Å². The van der Waals surface area contributed by atoms with Crippen LogP contribution in [-0.4, -0.2) is 11.8 Å². The van der Waals surface area contributed by atoms with Crippen LogP contribution in [0, 0.1) is 23.2 Å². The highest BCUT2D eigenvalue weighted by Crippen LogP contribution is 2.18. The molecule has 0 aromatic carbocycles. The van der Waals surface area contributed by atoms with E-state index in [1.807, 2.05) is 6.07 Å². The van der Waals surface area contributed by atoms with Gasteiger partial charge in [0.05, 0.1) is 6.07 Å². The van der Waals surface area contributed by atoms with Gasteiger partial charge in [0.25, 0.3) is 0 Å². The molecule has 4 heteroatoms. The van der Waals surface area contributed by atoms with Crippen molar-refractivity contribution in [2.45, 2.75) is 13.3 Å². The van der Waals surface area contributed by atoms with Crippen molar-refractivity contribution in [2.24, 2.45) is 11.8 Å². The maximum Gasteiger partial charge on any atom is 0.244 e. The Balaban J connectivity index is 2.76. The lowest BCUT2D eigenvalue weighted by atomic mass is 9.88. The summed E-state index contributed by atoms with van der Waals surface area (Å²) in [5, 5.41) is 10.6. The molecule has 58 valence electrons. The second kappa shape index (κ2) is 2.70. The van der Waals surface area contributed by atoms with Gasteiger partial charge in [-0.3, -0.25) is 14.9 Å². The van der Waals surface area contributed by atoms with Crippen LogP contribution in [0.15, 0.2) is 0 Å². The Morgan fingerprint density at radius 3 is 2.73 bits per heavy atom. The molecule has 1 fully saturated rings. The molecule has 0 radical (unpaired) electrons. The number of carbonyl (C=O) groups excluding carboxylic acids is 2. The summed E-state index contributed by atoms with van der Waals surface area (Å²) in [6, 6.07) is 1.86. The Labute approximate surface area is 64.2 Å². The number of hydrogen-bond donors (Lipinski definition) is 1. The van der Waals surface area contributed by atoms with Gasteiger partial charge in [-0.15, -0.1) is 0 Å². The van der Waals surface area contributed by atoms with E-state index in [9.17, 15) is 9.59 Å². The van der Waals surface area contributed by atoms with E-state index in [2.05, 4.69) is 5.32 Å². The molecule has 0 spiro atoms. The SMILES string of the molecule is CC1CC(=O)NC(=O)C1C#N. The molecule has 1 aliphatic rings. The fraction of sp³-hybridized carbons (Fsp3) is 0.571. The number of nitriles is 1. The summed E-state index contributed by atoms with van der Waals surface area (Å²) >= 11 is 0. The van der Waals surface area contributed by atoms with Gasteiger partial charge in [0, 0.05) is 6.42 Å². The third kappa shape index (κ3) is 1.37. The lowest BCUT2D eigenvalue weighted by Gasteiger charge is -2.21. The molecule has 0 saturated carbocycles. The summed E-state index contributed by atoms with van der Waals surface area (Å²) in [7, 11) is 0. The number of amides is 2. The van der Waals surface area contributed by atoms with Crippen LogP contribution in [0.2, 0.25) is 0 Å². The van der Waals surface area contributed by atoms with E-state index < -0.39 is 11.8 Å². The zero-order valence-corrected chi connectivity index (χ0v) is 6.13. The van der Waals surface area contributed by atoms with E-state index in [0.29, 0.717) is 0 Å². The number of imide groups is 1. The first-order chi connectivity index (χ1) is 5.15. The van der Waals surface area contributed by atoms with Gasteiger partial charge in [0.15, 0.2) is 0 Å². The Bertz CT molecular complexity index is 241. The van der Waals surface area contributed by atoms with Crippen LogP contribution >= 0.6 is 0 Å². The third-order valence-corrected chi connectivity index (χ3v) is 1.76. The van der Waals surface area contributed by atoms with Gasteiger partial charge in [-0.25, -0.2) is 0 Å². The standard InChI is InChI=1S/C7H8N2O2/c1-4-2-6(10)9-7(11)5(4)3-8/h4-5H,2H2,1H3,(H,9,10,11). The molecule has 1 rings (SSSR count). The Kier molecular flexibility index (Phi) is 1.90. The van der Waals surface area contributed by atoms with Crippen molar-refractivity contribution in [3.63, 3.8) is 0 Å². The summed E-state index contributed by atoms with van der Waals surface area (Å²) in [5.74, 6) is -1.56. The average molecular weight is 152 g/mol. The van der Waals surface area contributed by atoms with E-state index in [4.69, 9.17) is 5.26 Å². The van der Waals surface area contributed by atoms with Crippen LogP contribution in [0.5, 0.6) is 0 Å². The minimum Gasteiger partial charge on any atom is -0.295 e. The lowest BCUT2D eigenvalue weighted by molar-refractivity contribution is -0.136. The monoisotopic (exact) mass is 152 g/mol. The molecular formula is C7H8N2O2. The Morgan fingerprint density at radius 1 is 1.64 bits per heavy atom.